The predicted molar refractivity (Wildman–Crippen MR) is 80.8 cm³/mol. The van der Waals surface area contributed by atoms with Crippen molar-refractivity contribution in [3.05, 3.63) is 35.9 Å². The monoisotopic (exact) mass is 261 g/mol. The molecule has 0 radical (unpaired) electrons. The maximum Gasteiger partial charge on any atom is 0.224 e. The third-order valence-electron chi connectivity index (χ3n) is 3.67. The summed E-state index contributed by atoms with van der Waals surface area (Å²) < 4.78 is 0. The normalized spacial score (nSPS) is 12.3. The molecule has 0 bridgehead atoms. The number of benzene rings is 1. The van der Waals surface area contributed by atoms with E-state index in [0.29, 0.717) is 11.8 Å². The van der Waals surface area contributed by atoms with Crippen LogP contribution in [0, 0.1) is 17.8 Å². The zero-order valence-electron chi connectivity index (χ0n) is 13.0. The molecular weight excluding hydrogens is 234 g/mol. The maximum absolute atomic E-state index is 12.5. The summed E-state index contributed by atoms with van der Waals surface area (Å²) in [5.41, 5.74) is 0.801. The van der Waals surface area contributed by atoms with Gasteiger partial charge in [-0.1, -0.05) is 58.0 Å². The summed E-state index contributed by atoms with van der Waals surface area (Å²) in [5, 5.41) is 3.20. The van der Waals surface area contributed by atoms with Crippen LogP contribution in [0.2, 0.25) is 0 Å². The molecule has 0 saturated carbocycles. The highest BCUT2D eigenvalue weighted by molar-refractivity contribution is 5.80. The number of hydrogen-bond donors (Lipinski definition) is 1. The number of amides is 1. The fourth-order valence-electron chi connectivity index (χ4n) is 2.69. The van der Waals surface area contributed by atoms with Gasteiger partial charge < -0.3 is 5.32 Å². The first-order valence-electron chi connectivity index (χ1n) is 7.13. The van der Waals surface area contributed by atoms with Crippen LogP contribution in [-0.2, 0) is 10.3 Å². The Kier molecular flexibility index (Phi) is 5.16. The van der Waals surface area contributed by atoms with Crippen molar-refractivity contribution in [3.63, 3.8) is 0 Å². The summed E-state index contributed by atoms with van der Waals surface area (Å²) in [7, 11) is 0. The number of carbonyl (C=O) groups is 1. The van der Waals surface area contributed by atoms with E-state index in [1.165, 1.54) is 0 Å². The van der Waals surface area contributed by atoms with Crippen molar-refractivity contribution in [2.24, 2.45) is 17.8 Å². The number of carbonyl (C=O) groups excluding carboxylic acids is 1. The Hall–Kier alpha value is -1.31. The van der Waals surface area contributed by atoms with Crippen molar-refractivity contribution in [1.82, 2.24) is 5.32 Å². The van der Waals surface area contributed by atoms with Crippen molar-refractivity contribution in [2.45, 2.75) is 47.1 Å². The zero-order chi connectivity index (χ0) is 14.6. The standard InChI is InChI=1S/C17H27NO/c1-12(2)15(13(3)4)16(19)18-17(5,6)14-10-8-7-9-11-14/h7-13,15H,1-6H3,(H,18,19). The molecule has 1 N–H and O–H groups in total. The van der Waals surface area contributed by atoms with Crippen molar-refractivity contribution < 1.29 is 4.79 Å². The number of nitrogens with one attached hydrogen (secondary N) is 1. The van der Waals surface area contributed by atoms with Crippen LogP contribution in [0.15, 0.2) is 30.3 Å². The Balaban J connectivity index is 2.86. The molecule has 0 atom stereocenters. The summed E-state index contributed by atoms with van der Waals surface area (Å²) >= 11 is 0. The minimum absolute atomic E-state index is 0.0583. The third-order valence-corrected chi connectivity index (χ3v) is 3.67. The lowest BCUT2D eigenvalue weighted by atomic mass is 9.83. The first kappa shape index (κ1) is 15.7. The summed E-state index contributed by atoms with van der Waals surface area (Å²) in [6.45, 7) is 12.6. The predicted octanol–water partition coefficient (Wildman–Crippen LogP) is 3.97. The Labute approximate surface area is 117 Å². The van der Waals surface area contributed by atoms with E-state index in [1.807, 2.05) is 18.2 Å². The molecule has 1 amide bonds. The van der Waals surface area contributed by atoms with Crippen LogP contribution in [0.5, 0.6) is 0 Å². The van der Waals surface area contributed by atoms with Gasteiger partial charge in [0.2, 0.25) is 5.91 Å². The molecule has 0 aliphatic carbocycles. The van der Waals surface area contributed by atoms with E-state index in [4.69, 9.17) is 0 Å². The first-order chi connectivity index (χ1) is 8.75. The summed E-state index contributed by atoms with van der Waals surface area (Å²) in [5.74, 6) is 0.917. The van der Waals surface area contributed by atoms with Crippen molar-refractivity contribution in [2.75, 3.05) is 0 Å². The Morgan fingerprint density at radius 1 is 1.00 bits per heavy atom. The molecule has 0 aliphatic heterocycles. The van der Waals surface area contributed by atoms with Gasteiger partial charge in [0, 0.05) is 5.92 Å². The molecule has 1 aromatic carbocycles. The van der Waals surface area contributed by atoms with Crippen LogP contribution in [0.4, 0.5) is 0 Å². The molecule has 19 heavy (non-hydrogen) atoms. The third kappa shape index (κ3) is 4.09. The van der Waals surface area contributed by atoms with Crippen LogP contribution < -0.4 is 5.32 Å². The Morgan fingerprint density at radius 2 is 1.47 bits per heavy atom. The van der Waals surface area contributed by atoms with Gasteiger partial charge >= 0.3 is 0 Å². The van der Waals surface area contributed by atoms with Gasteiger partial charge in [0.05, 0.1) is 5.54 Å². The Bertz CT molecular complexity index is 399. The van der Waals surface area contributed by atoms with Crippen LogP contribution >= 0.6 is 0 Å². The SMILES string of the molecule is CC(C)C(C(=O)NC(C)(C)c1ccccc1)C(C)C. The average Bonchev–Trinajstić information content (AvgIpc) is 2.28. The molecular formula is C17H27NO. The van der Waals surface area contributed by atoms with Crippen molar-refractivity contribution in [3.8, 4) is 0 Å². The van der Waals surface area contributed by atoms with E-state index in [9.17, 15) is 4.79 Å². The van der Waals surface area contributed by atoms with Crippen LogP contribution in [0.25, 0.3) is 0 Å². The fraction of sp³-hybridized carbons (Fsp3) is 0.588. The zero-order valence-corrected chi connectivity index (χ0v) is 13.0. The average molecular weight is 261 g/mol. The molecule has 0 saturated heterocycles. The topological polar surface area (TPSA) is 29.1 Å². The lowest BCUT2D eigenvalue weighted by molar-refractivity contribution is -0.129. The van der Waals surface area contributed by atoms with E-state index < -0.39 is 0 Å². The minimum atomic E-state index is -0.333. The highest BCUT2D eigenvalue weighted by Crippen LogP contribution is 2.25. The van der Waals surface area contributed by atoms with Gasteiger partial charge in [0.25, 0.3) is 0 Å². The molecule has 0 spiro atoms. The molecule has 0 fully saturated rings. The molecule has 0 heterocycles. The lowest BCUT2D eigenvalue weighted by Crippen LogP contribution is -2.46. The molecule has 1 rings (SSSR count). The van der Waals surface area contributed by atoms with Crippen LogP contribution in [-0.4, -0.2) is 5.91 Å². The van der Waals surface area contributed by atoms with E-state index in [0.717, 1.165) is 5.56 Å². The van der Waals surface area contributed by atoms with Crippen LogP contribution in [0.3, 0.4) is 0 Å². The maximum atomic E-state index is 12.5. The Morgan fingerprint density at radius 3 is 1.89 bits per heavy atom. The first-order valence-corrected chi connectivity index (χ1v) is 7.13. The number of hydrogen-bond acceptors (Lipinski definition) is 1. The van der Waals surface area contributed by atoms with Gasteiger partial charge in [0.15, 0.2) is 0 Å². The molecule has 106 valence electrons. The van der Waals surface area contributed by atoms with Crippen molar-refractivity contribution in [1.29, 1.82) is 0 Å². The molecule has 0 aliphatic rings. The van der Waals surface area contributed by atoms with Crippen molar-refractivity contribution >= 4 is 5.91 Å². The van der Waals surface area contributed by atoms with E-state index in [-0.39, 0.29) is 17.4 Å². The smallest absolute Gasteiger partial charge is 0.224 e. The fourth-order valence-corrected chi connectivity index (χ4v) is 2.69. The largest absolute Gasteiger partial charge is 0.347 e. The van der Waals surface area contributed by atoms with Gasteiger partial charge in [0.1, 0.15) is 0 Å². The van der Waals surface area contributed by atoms with Gasteiger partial charge in [-0.15, -0.1) is 0 Å². The summed E-state index contributed by atoms with van der Waals surface area (Å²) in [4.78, 5) is 12.5. The summed E-state index contributed by atoms with van der Waals surface area (Å²) in [6, 6.07) is 10.1. The van der Waals surface area contributed by atoms with E-state index >= 15 is 0 Å². The molecule has 1 aromatic rings. The van der Waals surface area contributed by atoms with Gasteiger partial charge in [-0.3, -0.25) is 4.79 Å². The van der Waals surface area contributed by atoms with Gasteiger partial charge in [-0.05, 0) is 31.2 Å². The van der Waals surface area contributed by atoms with Gasteiger partial charge in [-0.25, -0.2) is 0 Å². The van der Waals surface area contributed by atoms with Gasteiger partial charge in [-0.2, -0.15) is 0 Å². The van der Waals surface area contributed by atoms with E-state index in [2.05, 4.69) is 59.0 Å². The second kappa shape index (κ2) is 6.23. The quantitative estimate of drug-likeness (QED) is 0.854. The minimum Gasteiger partial charge on any atom is -0.347 e. The van der Waals surface area contributed by atoms with E-state index in [1.54, 1.807) is 0 Å². The summed E-state index contributed by atoms with van der Waals surface area (Å²) in [6.07, 6.45) is 0. The second-order valence-electron chi connectivity index (χ2n) is 6.49. The molecule has 0 aromatic heterocycles. The molecule has 2 nitrogen and oxygen atoms in total. The highest BCUT2D eigenvalue weighted by atomic mass is 16.2. The van der Waals surface area contributed by atoms with Crippen LogP contribution in [0.1, 0.15) is 47.1 Å². The molecule has 2 heteroatoms. The lowest BCUT2D eigenvalue weighted by Gasteiger charge is -2.32. The molecule has 0 unspecified atom stereocenters. The highest BCUT2D eigenvalue weighted by Gasteiger charge is 2.30. The number of rotatable bonds is 5. The second-order valence-corrected chi connectivity index (χ2v) is 6.49.